The highest BCUT2D eigenvalue weighted by Gasteiger charge is 2.16. The summed E-state index contributed by atoms with van der Waals surface area (Å²) in [7, 11) is 4.23. The minimum absolute atomic E-state index is 0.493. The van der Waals surface area contributed by atoms with Crippen molar-refractivity contribution in [3.63, 3.8) is 0 Å². The predicted molar refractivity (Wildman–Crippen MR) is 72.0 cm³/mol. The van der Waals surface area contributed by atoms with Crippen molar-refractivity contribution in [2.24, 2.45) is 5.92 Å². The summed E-state index contributed by atoms with van der Waals surface area (Å²) >= 11 is 0. The second-order valence-electron chi connectivity index (χ2n) is 5.17. The van der Waals surface area contributed by atoms with Crippen molar-refractivity contribution in [2.45, 2.75) is 33.4 Å². The van der Waals surface area contributed by atoms with Crippen molar-refractivity contribution in [3.8, 4) is 0 Å². The van der Waals surface area contributed by atoms with E-state index in [-0.39, 0.29) is 0 Å². The average molecular weight is 238 g/mol. The molecule has 1 heterocycles. The van der Waals surface area contributed by atoms with E-state index in [2.05, 4.69) is 60.8 Å². The van der Waals surface area contributed by atoms with Gasteiger partial charge in [-0.15, -0.1) is 0 Å². The number of likely N-dealkylation sites (N-methyl/N-ethyl adjacent to an activating group) is 1. The molecule has 1 aromatic heterocycles. The average Bonchev–Trinajstić information content (AvgIpc) is 2.70. The van der Waals surface area contributed by atoms with E-state index in [9.17, 15) is 0 Å². The Morgan fingerprint density at radius 2 is 2.12 bits per heavy atom. The van der Waals surface area contributed by atoms with Crippen LogP contribution in [0.15, 0.2) is 12.5 Å². The Bertz CT molecular complexity index is 317. The maximum Gasteiger partial charge on any atom is 0.0953 e. The fourth-order valence-corrected chi connectivity index (χ4v) is 1.93. The van der Waals surface area contributed by atoms with Crippen molar-refractivity contribution >= 4 is 0 Å². The largest absolute Gasteiger partial charge is 0.333 e. The molecule has 0 spiro atoms. The van der Waals surface area contributed by atoms with Crippen LogP contribution in [0.5, 0.6) is 0 Å². The molecule has 4 nitrogen and oxygen atoms in total. The van der Waals surface area contributed by atoms with Crippen molar-refractivity contribution in [1.82, 2.24) is 19.8 Å². The Morgan fingerprint density at radius 3 is 2.65 bits per heavy atom. The quantitative estimate of drug-likeness (QED) is 0.785. The number of hydrogen-bond acceptors (Lipinski definition) is 3. The zero-order valence-electron chi connectivity index (χ0n) is 11.8. The van der Waals surface area contributed by atoms with Gasteiger partial charge in [-0.05, 0) is 26.6 Å². The van der Waals surface area contributed by atoms with Crippen molar-refractivity contribution in [3.05, 3.63) is 18.2 Å². The molecule has 0 saturated carbocycles. The van der Waals surface area contributed by atoms with Gasteiger partial charge >= 0.3 is 0 Å². The number of nitrogens with zero attached hydrogens (tertiary/aromatic N) is 3. The Balaban J connectivity index is 2.70. The summed E-state index contributed by atoms with van der Waals surface area (Å²) in [4.78, 5) is 6.68. The number of rotatable bonds is 7. The molecular weight excluding hydrogens is 212 g/mol. The maximum atomic E-state index is 4.45. The van der Waals surface area contributed by atoms with Crippen LogP contribution in [0.2, 0.25) is 0 Å². The van der Waals surface area contributed by atoms with Gasteiger partial charge in [-0.1, -0.05) is 20.8 Å². The van der Waals surface area contributed by atoms with Crippen LogP contribution in [0, 0.1) is 5.92 Å². The number of imidazole rings is 1. The summed E-state index contributed by atoms with van der Waals surface area (Å²) in [5.74, 6) is 0.610. The fraction of sp³-hybridized carbons (Fsp3) is 0.769. The van der Waals surface area contributed by atoms with Crippen LogP contribution in [0.3, 0.4) is 0 Å². The molecule has 0 aliphatic heterocycles. The third-order valence-corrected chi connectivity index (χ3v) is 2.92. The van der Waals surface area contributed by atoms with E-state index in [1.807, 2.05) is 6.33 Å². The lowest BCUT2D eigenvalue weighted by atomic mass is 10.0. The minimum atomic E-state index is 0.493. The van der Waals surface area contributed by atoms with Crippen LogP contribution in [0.1, 0.15) is 32.5 Å². The molecule has 0 bridgehead atoms. The summed E-state index contributed by atoms with van der Waals surface area (Å²) in [6, 6.07) is 0.493. The molecule has 0 saturated heterocycles. The minimum Gasteiger partial charge on any atom is -0.333 e. The van der Waals surface area contributed by atoms with Gasteiger partial charge in [0.25, 0.3) is 0 Å². The second-order valence-corrected chi connectivity index (χ2v) is 5.17. The van der Waals surface area contributed by atoms with Gasteiger partial charge in [0, 0.05) is 25.3 Å². The van der Waals surface area contributed by atoms with E-state index in [1.165, 1.54) is 0 Å². The number of hydrogen-bond donors (Lipinski definition) is 1. The first kappa shape index (κ1) is 14.2. The highest BCUT2D eigenvalue weighted by atomic mass is 15.1. The molecule has 17 heavy (non-hydrogen) atoms. The van der Waals surface area contributed by atoms with Gasteiger partial charge < -0.3 is 14.8 Å². The van der Waals surface area contributed by atoms with Gasteiger partial charge in [-0.2, -0.15) is 0 Å². The molecule has 0 fully saturated rings. The molecule has 1 unspecified atom stereocenters. The van der Waals surface area contributed by atoms with E-state index in [1.54, 1.807) is 0 Å². The van der Waals surface area contributed by atoms with Crippen LogP contribution in [0.25, 0.3) is 0 Å². The second kappa shape index (κ2) is 6.77. The lowest BCUT2D eigenvalue weighted by molar-refractivity contribution is 0.269. The molecule has 0 aliphatic rings. The van der Waals surface area contributed by atoms with E-state index in [4.69, 9.17) is 0 Å². The van der Waals surface area contributed by atoms with E-state index in [0.717, 1.165) is 25.3 Å². The Labute approximate surface area is 105 Å². The molecule has 1 aromatic rings. The zero-order chi connectivity index (χ0) is 12.8. The smallest absolute Gasteiger partial charge is 0.0953 e. The van der Waals surface area contributed by atoms with Gasteiger partial charge in [0.2, 0.25) is 0 Å². The predicted octanol–water partition coefficient (Wildman–Crippen LogP) is 1.75. The van der Waals surface area contributed by atoms with Gasteiger partial charge in [0.15, 0.2) is 0 Å². The first-order valence-electron chi connectivity index (χ1n) is 6.42. The topological polar surface area (TPSA) is 33.1 Å². The summed E-state index contributed by atoms with van der Waals surface area (Å²) < 4.78 is 2.25. The Hall–Kier alpha value is -0.870. The van der Waals surface area contributed by atoms with E-state index < -0.39 is 0 Å². The molecular formula is C13H26N4. The molecule has 0 amide bonds. The van der Waals surface area contributed by atoms with Crippen LogP contribution in [-0.4, -0.2) is 41.6 Å². The molecule has 98 valence electrons. The summed E-state index contributed by atoms with van der Waals surface area (Å²) in [5, 5.41) is 3.30. The molecule has 4 heteroatoms. The summed E-state index contributed by atoms with van der Waals surface area (Å²) in [6.45, 7) is 9.53. The first-order valence-corrected chi connectivity index (χ1v) is 6.42. The molecule has 0 aliphatic carbocycles. The normalized spacial score (nSPS) is 13.6. The number of aromatic nitrogens is 2. The van der Waals surface area contributed by atoms with Gasteiger partial charge in [0.05, 0.1) is 12.0 Å². The lowest BCUT2D eigenvalue weighted by Gasteiger charge is -2.25. The molecule has 1 N–H and O–H groups in total. The van der Waals surface area contributed by atoms with Gasteiger partial charge in [-0.3, -0.25) is 0 Å². The highest BCUT2D eigenvalue weighted by Crippen LogP contribution is 2.18. The summed E-state index contributed by atoms with van der Waals surface area (Å²) in [6.07, 6.45) is 4.12. The Kier molecular flexibility index (Phi) is 5.65. The van der Waals surface area contributed by atoms with Gasteiger partial charge in [-0.25, -0.2) is 4.98 Å². The SMILES string of the molecule is CCNCc1cn(C(CN(C)C)C(C)C)cn1. The van der Waals surface area contributed by atoms with E-state index >= 15 is 0 Å². The highest BCUT2D eigenvalue weighted by molar-refractivity contribution is 4.98. The standard InChI is InChI=1S/C13H26N4/c1-6-14-7-12-8-17(10-15-12)13(11(2)3)9-16(4)5/h8,10-11,13-14H,6-7,9H2,1-5H3. The third kappa shape index (κ3) is 4.48. The van der Waals surface area contributed by atoms with E-state index in [0.29, 0.717) is 12.0 Å². The third-order valence-electron chi connectivity index (χ3n) is 2.92. The van der Waals surface area contributed by atoms with Crippen molar-refractivity contribution in [1.29, 1.82) is 0 Å². The lowest BCUT2D eigenvalue weighted by Crippen LogP contribution is -2.27. The molecule has 0 aromatic carbocycles. The molecule has 1 rings (SSSR count). The maximum absolute atomic E-state index is 4.45. The monoisotopic (exact) mass is 238 g/mol. The van der Waals surface area contributed by atoms with Crippen LogP contribution >= 0.6 is 0 Å². The van der Waals surface area contributed by atoms with Crippen LogP contribution in [-0.2, 0) is 6.54 Å². The molecule has 0 radical (unpaired) electrons. The van der Waals surface area contributed by atoms with Crippen LogP contribution < -0.4 is 5.32 Å². The van der Waals surface area contributed by atoms with Crippen LogP contribution in [0.4, 0.5) is 0 Å². The number of nitrogens with one attached hydrogen (secondary N) is 1. The van der Waals surface area contributed by atoms with Crippen molar-refractivity contribution < 1.29 is 0 Å². The summed E-state index contributed by atoms with van der Waals surface area (Å²) in [5.41, 5.74) is 1.12. The van der Waals surface area contributed by atoms with Gasteiger partial charge in [0.1, 0.15) is 0 Å². The zero-order valence-corrected chi connectivity index (χ0v) is 11.8. The fourth-order valence-electron chi connectivity index (χ4n) is 1.93. The molecule has 1 atom stereocenters. The Morgan fingerprint density at radius 1 is 1.41 bits per heavy atom. The first-order chi connectivity index (χ1) is 8.04. The van der Waals surface area contributed by atoms with Crippen molar-refractivity contribution in [2.75, 3.05) is 27.2 Å².